The summed E-state index contributed by atoms with van der Waals surface area (Å²) in [6, 6.07) is 4.06. The van der Waals surface area contributed by atoms with Gasteiger partial charge in [-0.3, -0.25) is 0 Å². The van der Waals surface area contributed by atoms with Crippen LogP contribution >= 0.6 is 0 Å². The molecular formula is C9H12FNO. The van der Waals surface area contributed by atoms with E-state index in [1.54, 1.807) is 12.1 Å². The number of benzene rings is 1. The third-order valence-corrected chi connectivity index (χ3v) is 1.75. The van der Waals surface area contributed by atoms with Crippen molar-refractivity contribution in [3.05, 3.63) is 35.1 Å². The molecule has 0 saturated heterocycles. The van der Waals surface area contributed by atoms with Crippen LogP contribution in [-0.2, 0) is 0 Å². The number of hydrogen-bond acceptors (Lipinski definition) is 2. The van der Waals surface area contributed by atoms with Gasteiger partial charge < -0.3 is 10.8 Å². The van der Waals surface area contributed by atoms with Crippen LogP contribution in [0.15, 0.2) is 18.2 Å². The Morgan fingerprint density at radius 1 is 1.58 bits per heavy atom. The lowest BCUT2D eigenvalue weighted by molar-refractivity contribution is 0.265. The molecular weight excluding hydrogens is 157 g/mol. The molecule has 3 heteroatoms. The fourth-order valence-corrected chi connectivity index (χ4v) is 1.05. The van der Waals surface area contributed by atoms with Gasteiger partial charge in [0, 0.05) is 5.56 Å². The summed E-state index contributed by atoms with van der Waals surface area (Å²) in [5, 5.41) is 8.71. The number of rotatable bonds is 2. The first kappa shape index (κ1) is 9.16. The maximum absolute atomic E-state index is 13.0. The van der Waals surface area contributed by atoms with Crippen molar-refractivity contribution in [3.63, 3.8) is 0 Å². The molecule has 0 spiro atoms. The first-order chi connectivity index (χ1) is 5.65. The standard InChI is InChI=1S/C9H12FNO/c1-6-2-3-8(10)7(4-6)9(11)5-12/h2-4,9,12H,5,11H2,1H3. The number of aryl methyl sites for hydroxylation is 1. The van der Waals surface area contributed by atoms with Crippen LogP contribution in [0.2, 0.25) is 0 Å². The van der Waals surface area contributed by atoms with E-state index in [9.17, 15) is 4.39 Å². The van der Waals surface area contributed by atoms with E-state index in [4.69, 9.17) is 10.8 Å². The molecule has 0 aliphatic carbocycles. The maximum atomic E-state index is 13.0. The van der Waals surface area contributed by atoms with Gasteiger partial charge in [0.2, 0.25) is 0 Å². The Morgan fingerprint density at radius 2 is 2.25 bits per heavy atom. The van der Waals surface area contributed by atoms with Gasteiger partial charge in [-0.15, -0.1) is 0 Å². The first-order valence-corrected chi connectivity index (χ1v) is 3.77. The third kappa shape index (κ3) is 1.81. The highest BCUT2D eigenvalue weighted by Crippen LogP contribution is 2.15. The Hall–Kier alpha value is -0.930. The summed E-state index contributed by atoms with van der Waals surface area (Å²) in [6.07, 6.45) is 0. The summed E-state index contributed by atoms with van der Waals surface area (Å²) in [4.78, 5) is 0. The molecule has 66 valence electrons. The minimum atomic E-state index is -0.620. The number of aliphatic hydroxyl groups is 1. The molecule has 1 rings (SSSR count). The lowest BCUT2D eigenvalue weighted by atomic mass is 10.1. The van der Waals surface area contributed by atoms with Crippen molar-refractivity contribution in [1.29, 1.82) is 0 Å². The molecule has 0 aliphatic heterocycles. The Kier molecular flexibility index (Phi) is 2.78. The van der Waals surface area contributed by atoms with E-state index in [0.29, 0.717) is 5.56 Å². The number of nitrogens with two attached hydrogens (primary N) is 1. The summed E-state index contributed by atoms with van der Waals surface area (Å²) in [5.41, 5.74) is 6.79. The molecule has 0 fully saturated rings. The van der Waals surface area contributed by atoms with E-state index in [1.807, 2.05) is 6.92 Å². The fraction of sp³-hybridized carbons (Fsp3) is 0.333. The van der Waals surface area contributed by atoms with Crippen molar-refractivity contribution in [1.82, 2.24) is 0 Å². The van der Waals surface area contributed by atoms with Gasteiger partial charge in [0.25, 0.3) is 0 Å². The van der Waals surface area contributed by atoms with E-state index in [-0.39, 0.29) is 12.4 Å². The Balaban J connectivity index is 3.04. The van der Waals surface area contributed by atoms with Crippen LogP contribution < -0.4 is 5.73 Å². The average Bonchev–Trinajstić information content (AvgIpc) is 2.08. The second kappa shape index (κ2) is 3.65. The molecule has 0 amide bonds. The van der Waals surface area contributed by atoms with E-state index in [1.165, 1.54) is 6.07 Å². The van der Waals surface area contributed by atoms with Gasteiger partial charge in [-0.25, -0.2) is 4.39 Å². The molecule has 2 nitrogen and oxygen atoms in total. The van der Waals surface area contributed by atoms with Crippen molar-refractivity contribution in [3.8, 4) is 0 Å². The molecule has 0 aromatic heterocycles. The lowest BCUT2D eigenvalue weighted by Crippen LogP contribution is -2.16. The molecule has 1 aromatic rings. The van der Waals surface area contributed by atoms with Crippen molar-refractivity contribution < 1.29 is 9.50 Å². The minimum Gasteiger partial charge on any atom is -0.394 e. The highest BCUT2D eigenvalue weighted by molar-refractivity contribution is 5.26. The second-order valence-corrected chi connectivity index (χ2v) is 2.81. The average molecular weight is 169 g/mol. The summed E-state index contributed by atoms with van der Waals surface area (Å²) >= 11 is 0. The minimum absolute atomic E-state index is 0.236. The van der Waals surface area contributed by atoms with Crippen LogP contribution in [0.3, 0.4) is 0 Å². The van der Waals surface area contributed by atoms with Crippen LogP contribution in [0.1, 0.15) is 17.2 Å². The Morgan fingerprint density at radius 3 is 2.83 bits per heavy atom. The highest BCUT2D eigenvalue weighted by Gasteiger charge is 2.09. The SMILES string of the molecule is Cc1ccc(F)c(C(N)CO)c1. The van der Waals surface area contributed by atoms with Crippen molar-refractivity contribution in [2.75, 3.05) is 6.61 Å². The van der Waals surface area contributed by atoms with Gasteiger partial charge in [0.1, 0.15) is 5.82 Å². The van der Waals surface area contributed by atoms with Gasteiger partial charge >= 0.3 is 0 Å². The van der Waals surface area contributed by atoms with Crippen LogP contribution in [-0.4, -0.2) is 11.7 Å². The van der Waals surface area contributed by atoms with Crippen molar-refractivity contribution in [2.45, 2.75) is 13.0 Å². The van der Waals surface area contributed by atoms with E-state index in [0.717, 1.165) is 5.56 Å². The zero-order chi connectivity index (χ0) is 9.14. The molecule has 0 saturated carbocycles. The summed E-state index contributed by atoms with van der Waals surface area (Å²) in [6.45, 7) is 1.62. The Bertz CT molecular complexity index is 275. The van der Waals surface area contributed by atoms with E-state index >= 15 is 0 Å². The second-order valence-electron chi connectivity index (χ2n) is 2.81. The molecule has 0 heterocycles. The van der Waals surface area contributed by atoms with Crippen molar-refractivity contribution in [2.24, 2.45) is 5.73 Å². The number of aliphatic hydroxyl groups excluding tert-OH is 1. The van der Waals surface area contributed by atoms with Gasteiger partial charge in [-0.2, -0.15) is 0 Å². The molecule has 3 N–H and O–H groups in total. The topological polar surface area (TPSA) is 46.2 Å². The fourth-order valence-electron chi connectivity index (χ4n) is 1.05. The molecule has 1 aromatic carbocycles. The molecule has 12 heavy (non-hydrogen) atoms. The zero-order valence-electron chi connectivity index (χ0n) is 6.92. The molecule has 0 radical (unpaired) electrons. The Labute approximate surface area is 70.8 Å². The van der Waals surface area contributed by atoms with Crippen LogP contribution in [0.4, 0.5) is 4.39 Å². The summed E-state index contributed by atoms with van der Waals surface area (Å²) in [7, 11) is 0. The molecule has 1 atom stereocenters. The van der Waals surface area contributed by atoms with Crippen LogP contribution in [0.25, 0.3) is 0 Å². The van der Waals surface area contributed by atoms with Gasteiger partial charge in [0.15, 0.2) is 0 Å². The number of hydrogen-bond donors (Lipinski definition) is 2. The largest absolute Gasteiger partial charge is 0.394 e. The zero-order valence-corrected chi connectivity index (χ0v) is 6.92. The quantitative estimate of drug-likeness (QED) is 0.697. The van der Waals surface area contributed by atoms with Crippen LogP contribution in [0.5, 0.6) is 0 Å². The molecule has 0 bridgehead atoms. The van der Waals surface area contributed by atoms with Gasteiger partial charge in [-0.05, 0) is 13.0 Å². The van der Waals surface area contributed by atoms with Crippen molar-refractivity contribution >= 4 is 0 Å². The smallest absolute Gasteiger partial charge is 0.128 e. The summed E-state index contributed by atoms with van der Waals surface area (Å²) < 4.78 is 13.0. The molecule has 0 aliphatic rings. The predicted octanol–water partition coefficient (Wildman–Crippen LogP) is 1.13. The van der Waals surface area contributed by atoms with E-state index in [2.05, 4.69) is 0 Å². The van der Waals surface area contributed by atoms with E-state index < -0.39 is 6.04 Å². The highest BCUT2D eigenvalue weighted by atomic mass is 19.1. The maximum Gasteiger partial charge on any atom is 0.128 e. The number of halogens is 1. The lowest BCUT2D eigenvalue weighted by Gasteiger charge is -2.09. The molecule has 1 unspecified atom stereocenters. The summed E-state index contributed by atoms with van der Waals surface area (Å²) in [5.74, 6) is -0.359. The van der Waals surface area contributed by atoms with Gasteiger partial charge in [-0.1, -0.05) is 17.7 Å². The first-order valence-electron chi connectivity index (χ1n) is 3.77. The predicted molar refractivity (Wildman–Crippen MR) is 45.2 cm³/mol. The van der Waals surface area contributed by atoms with Gasteiger partial charge in [0.05, 0.1) is 12.6 Å². The normalized spacial score (nSPS) is 13.0. The monoisotopic (exact) mass is 169 g/mol. The van der Waals surface area contributed by atoms with Crippen LogP contribution in [0, 0.1) is 12.7 Å². The third-order valence-electron chi connectivity index (χ3n) is 1.75.